The van der Waals surface area contributed by atoms with Crippen LogP contribution in [0.4, 0.5) is 17.6 Å². The van der Waals surface area contributed by atoms with Crippen LogP contribution in [-0.2, 0) is 11.4 Å². The summed E-state index contributed by atoms with van der Waals surface area (Å²) in [6.07, 6.45) is 0. The average Bonchev–Trinajstić information content (AvgIpc) is 2.35. The molecule has 0 bridgehead atoms. The first-order valence-corrected chi connectivity index (χ1v) is 6.25. The van der Waals surface area contributed by atoms with E-state index < -0.39 is 13.2 Å². The maximum atomic E-state index is 12.3. The van der Waals surface area contributed by atoms with E-state index in [1.54, 1.807) is 0 Å². The summed E-state index contributed by atoms with van der Waals surface area (Å²) in [5.41, 5.74) is 2.93. The molecule has 0 fully saturated rings. The maximum absolute atomic E-state index is 12.3. The second-order valence-corrected chi connectivity index (χ2v) is 4.55. The summed E-state index contributed by atoms with van der Waals surface area (Å²) in [5, 5.41) is 0. The molecule has 1 aromatic rings. The predicted octanol–water partition coefficient (Wildman–Crippen LogP) is 3.57. The number of hydrogen-bond donors (Lipinski definition) is 1. The quantitative estimate of drug-likeness (QED) is 0.430. The summed E-state index contributed by atoms with van der Waals surface area (Å²) in [5.74, 6) is -0.201. The minimum Gasteiger partial charge on any atom is -0.435 e. The Bertz CT molecular complexity index is 430. The van der Waals surface area contributed by atoms with Crippen LogP contribution >= 0.6 is 0 Å². The van der Waals surface area contributed by atoms with E-state index in [1.165, 1.54) is 12.1 Å². The normalized spacial score (nSPS) is 11.5. The Labute approximate surface area is 119 Å². The largest absolute Gasteiger partial charge is 0.435 e. The average molecular weight is 311 g/mol. The Balaban J connectivity index is 2.71. The molecule has 0 aliphatic rings. The van der Waals surface area contributed by atoms with Crippen molar-refractivity contribution in [2.75, 3.05) is 6.61 Å². The van der Waals surface area contributed by atoms with E-state index in [4.69, 9.17) is 4.84 Å². The van der Waals surface area contributed by atoms with Crippen molar-refractivity contribution in [3.05, 3.63) is 23.8 Å². The summed E-state index contributed by atoms with van der Waals surface area (Å²) >= 11 is 0. The molecule has 120 valence electrons. The van der Waals surface area contributed by atoms with Crippen LogP contribution in [0.15, 0.2) is 18.2 Å². The molecule has 0 aliphatic carbocycles. The molecular formula is C13H17F4NO3. The highest BCUT2D eigenvalue weighted by Crippen LogP contribution is 2.27. The molecule has 1 N–H and O–H groups in total. The molecule has 0 amide bonds. The highest BCUT2D eigenvalue weighted by Gasteiger charge is 2.13. The Morgan fingerprint density at radius 2 is 1.71 bits per heavy atom. The summed E-state index contributed by atoms with van der Waals surface area (Å²) in [6.45, 7) is -1.68. The first-order chi connectivity index (χ1) is 9.88. The van der Waals surface area contributed by atoms with Gasteiger partial charge in [-0.2, -0.15) is 23.0 Å². The number of hydrogen-bond acceptors (Lipinski definition) is 4. The van der Waals surface area contributed by atoms with Crippen molar-refractivity contribution in [3.8, 4) is 11.5 Å². The molecule has 4 nitrogen and oxygen atoms in total. The topological polar surface area (TPSA) is 39.7 Å². The van der Waals surface area contributed by atoms with E-state index in [2.05, 4.69) is 15.0 Å². The molecule has 0 unspecified atom stereocenters. The first kappa shape index (κ1) is 17.5. The van der Waals surface area contributed by atoms with Crippen molar-refractivity contribution >= 4 is 0 Å². The molecule has 0 heterocycles. The van der Waals surface area contributed by atoms with Crippen LogP contribution < -0.4 is 15.0 Å². The Morgan fingerprint density at radius 3 is 2.29 bits per heavy atom. The number of rotatable bonds is 9. The number of hydroxylamine groups is 1. The Kier molecular flexibility index (Phi) is 7.24. The molecule has 1 aromatic carbocycles. The summed E-state index contributed by atoms with van der Waals surface area (Å²) < 4.78 is 57.3. The first-order valence-electron chi connectivity index (χ1n) is 6.25. The molecule has 0 radical (unpaired) electrons. The molecule has 0 atom stereocenters. The standard InChI is InChI=1S/C13H17F4NO3/c1-8(2)7-19-18-6-9-3-4-10(20-12(14)15)5-11(9)21-13(16)17/h3-5,8,12-13,18H,6-7H2,1-2H3. The molecule has 0 saturated carbocycles. The highest BCUT2D eigenvalue weighted by molar-refractivity contribution is 5.40. The zero-order chi connectivity index (χ0) is 15.8. The van der Waals surface area contributed by atoms with E-state index in [-0.39, 0.29) is 18.0 Å². The van der Waals surface area contributed by atoms with Gasteiger partial charge < -0.3 is 14.3 Å². The van der Waals surface area contributed by atoms with Gasteiger partial charge in [0.1, 0.15) is 11.5 Å². The molecule has 21 heavy (non-hydrogen) atoms. The SMILES string of the molecule is CC(C)CONCc1ccc(OC(F)F)cc1OC(F)F. The molecule has 1 rings (SSSR count). The van der Waals surface area contributed by atoms with Crippen molar-refractivity contribution in [2.24, 2.45) is 5.92 Å². The highest BCUT2D eigenvalue weighted by atomic mass is 19.3. The van der Waals surface area contributed by atoms with E-state index in [9.17, 15) is 17.6 Å². The fourth-order valence-corrected chi connectivity index (χ4v) is 1.42. The van der Waals surface area contributed by atoms with Crippen LogP contribution in [0, 0.1) is 5.92 Å². The molecule has 8 heteroatoms. The van der Waals surface area contributed by atoms with Gasteiger partial charge in [0.05, 0.1) is 6.61 Å². The van der Waals surface area contributed by atoms with Gasteiger partial charge in [0.2, 0.25) is 0 Å². The zero-order valence-corrected chi connectivity index (χ0v) is 11.6. The molecule has 0 aliphatic heterocycles. The lowest BCUT2D eigenvalue weighted by atomic mass is 10.2. The monoisotopic (exact) mass is 311 g/mol. The van der Waals surface area contributed by atoms with E-state index in [1.807, 2.05) is 13.8 Å². The third-order valence-electron chi connectivity index (χ3n) is 2.26. The summed E-state index contributed by atoms with van der Waals surface area (Å²) in [6, 6.07) is 3.57. The van der Waals surface area contributed by atoms with Crippen molar-refractivity contribution in [3.63, 3.8) is 0 Å². The van der Waals surface area contributed by atoms with Gasteiger partial charge in [-0.25, -0.2) is 0 Å². The molecular weight excluding hydrogens is 294 g/mol. The lowest BCUT2D eigenvalue weighted by Crippen LogP contribution is -2.18. The fourth-order valence-electron chi connectivity index (χ4n) is 1.42. The molecule has 0 spiro atoms. The van der Waals surface area contributed by atoms with Gasteiger partial charge >= 0.3 is 13.2 Å². The number of ether oxygens (including phenoxy) is 2. The lowest BCUT2D eigenvalue weighted by Gasteiger charge is -2.14. The smallest absolute Gasteiger partial charge is 0.387 e. The van der Waals surface area contributed by atoms with E-state index in [0.29, 0.717) is 18.1 Å². The second kappa shape index (κ2) is 8.68. The van der Waals surface area contributed by atoms with E-state index >= 15 is 0 Å². The van der Waals surface area contributed by atoms with Crippen LogP contribution in [-0.4, -0.2) is 19.8 Å². The van der Waals surface area contributed by atoms with Gasteiger partial charge in [0.15, 0.2) is 0 Å². The Morgan fingerprint density at radius 1 is 1.05 bits per heavy atom. The van der Waals surface area contributed by atoms with E-state index in [0.717, 1.165) is 6.07 Å². The maximum Gasteiger partial charge on any atom is 0.387 e. The third kappa shape index (κ3) is 7.14. The van der Waals surface area contributed by atoms with Gasteiger partial charge in [-0.3, -0.25) is 0 Å². The third-order valence-corrected chi connectivity index (χ3v) is 2.26. The van der Waals surface area contributed by atoms with Crippen molar-refractivity contribution in [1.29, 1.82) is 0 Å². The Hall–Kier alpha value is -1.54. The number of halogens is 4. The van der Waals surface area contributed by atoms with Crippen molar-refractivity contribution in [1.82, 2.24) is 5.48 Å². The minimum absolute atomic E-state index is 0.0870. The van der Waals surface area contributed by atoms with Crippen LogP contribution in [0.1, 0.15) is 19.4 Å². The molecule has 0 saturated heterocycles. The van der Waals surface area contributed by atoms with Crippen LogP contribution in [0.25, 0.3) is 0 Å². The van der Waals surface area contributed by atoms with Crippen LogP contribution in [0.5, 0.6) is 11.5 Å². The summed E-state index contributed by atoms with van der Waals surface area (Å²) in [4.78, 5) is 5.11. The van der Waals surface area contributed by atoms with Gasteiger partial charge in [0.25, 0.3) is 0 Å². The second-order valence-electron chi connectivity index (χ2n) is 4.55. The van der Waals surface area contributed by atoms with Gasteiger partial charge in [-0.1, -0.05) is 19.9 Å². The van der Waals surface area contributed by atoms with Gasteiger partial charge in [-0.15, -0.1) is 0 Å². The lowest BCUT2D eigenvalue weighted by molar-refractivity contribution is -0.0551. The number of benzene rings is 1. The van der Waals surface area contributed by atoms with Gasteiger partial charge in [-0.05, 0) is 12.0 Å². The minimum atomic E-state index is -3.07. The molecule has 0 aromatic heterocycles. The zero-order valence-electron chi connectivity index (χ0n) is 11.6. The van der Waals surface area contributed by atoms with Crippen LogP contribution in [0.3, 0.4) is 0 Å². The summed E-state index contributed by atoms with van der Waals surface area (Å²) in [7, 11) is 0. The predicted molar refractivity (Wildman–Crippen MR) is 67.3 cm³/mol. The fraction of sp³-hybridized carbons (Fsp3) is 0.538. The number of nitrogens with one attached hydrogen (secondary N) is 1. The van der Waals surface area contributed by atoms with Crippen LogP contribution in [0.2, 0.25) is 0 Å². The van der Waals surface area contributed by atoms with Crippen molar-refractivity contribution < 1.29 is 31.9 Å². The van der Waals surface area contributed by atoms with Gasteiger partial charge in [0, 0.05) is 18.2 Å². The number of alkyl halides is 4. The van der Waals surface area contributed by atoms with Crippen molar-refractivity contribution in [2.45, 2.75) is 33.6 Å².